The van der Waals surface area contributed by atoms with Crippen LogP contribution in [0.2, 0.25) is 0 Å². The van der Waals surface area contributed by atoms with Crippen molar-refractivity contribution in [3.8, 4) is 17.2 Å². The molecule has 0 radical (unpaired) electrons. The van der Waals surface area contributed by atoms with Crippen LogP contribution in [-0.4, -0.2) is 19.1 Å². The van der Waals surface area contributed by atoms with Crippen molar-refractivity contribution in [2.75, 3.05) is 14.2 Å². The molecule has 4 heteroatoms. The van der Waals surface area contributed by atoms with Gasteiger partial charge in [-0.25, -0.2) is 0 Å². The van der Waals surface area contributed by atoms with Crippen LogP contribution in [0.3, 0.4) is 0 Å². The van der Waals surface area contributed by atoms with Crippen molar-refractivity contribution in [1.82, 2.24) is 10.3 Å². The number of methoxy groups -OCH3 is 1. The summed E-state index contributed by atoms with van der Waals surface area (Å²) in [6.07, 6.45) is 3.51. The summed E-state index contributed by atoms with van der Waals surface area (Å²) in [4.78, 5) is 4.14. The van der Waals surface area contributed by atoms with E-state index in [-0.39, 0.29) is 0 Å². The molecule has 0 amide bonds. The van der Waals surface area contributed by atoms with Crippen LogP contribution in [0.1, 0.15) is 5.56 Å². The molecular formula is C14H16N2O2. The lowest BCUT2D eigenvalue weighted by Crippen LogP contribution is -2.05. The number of hydrogen-bond acceptors (Lipinski definition) is 4. The van der Waals surface area contributed by atoms with Crippen LogP contribution in [0, 0.1) is 0 Å². The van der Waals surface area contributed by atoms with Crippen LogP contribution in [0.15, 0.2) is 42.7 Å². The third-order valence-electron chi connectivity index (χ3n) is 2.45. The summed E-state index contributed by atoms with van der Waals surface area (Å²) in [6, 6.07) is 9.42. The maximum atomic E-state index is 5.72. The Labute approximate surface area is 107 Å². The maximum Gasteiger partial charge on any atom is 0.146 e. The fraction of sp³-hybridized carbons (Fsp3) is 0.214. The molecular weight excluding hydrogens is 228 g/mol. The molecule has 4 nitrogen and oxygen atoms in total. The molecule has 0 aliphatic rings. The Hall–Kier alpha value is -2.07. The molecule has 0 unspecified atom stereocenters. The molecule has 0 saturated carbocycles. The lowest BCUT2D eigenvalue weighted by atomic mass is 10.3. The van der Waals surface area contributed by atoms with E-state index in [1.54, 1.807) is 13.3 Å². The SMILES string of the molecule is CNCc1cncc(Oc2ccc(OC)cc2)c1. The average Bonchev–Trinajstić information content (AvgIpc) is 2.40. The zero-order valence-electron chi connectivity index (χ0n) is 10.5. The van der Waals surface area contributed by atoms with Crippen molar-refractivity contribution >= 4 is 0 Å². The lowest BCUT2D eigenvalue weighted by molar-refractivity contribution is 0.412. The summed E-state index contributed by atoms with van der Waals surface area (Å²) in [6.45, 7) is 0.771. The Balaban J connectivity index is 2.09. The third kappa shape index (κ3) is 3.21. The first-order valence-electron chi connectivity index (χ1n) is 5.72. The van der Waals surface area contributed by atoms with Crippen LogP contribution in [0.4, 0.5) is 0 Å². The molecule has 0 spiro atoms. The van der Waals surface area contributed by atoms with Crippen molar-refractivity contribution in [3.63, 3.8) is 0 Å². The number of benzene rings is 1. The Morgan fingerprint density at radius 3 is 2.44 bits per heavy atom. The first kappa shape index (κ1) is 12.4. The van der Waals surface area contributed by atoms with E-state index in [9.17, 15) is 0 Å². The number of nitrogens with zero attached hydrogens (tertiary/aromatic N) is 1. The molecule has 1 aromatic carbocycles. The summed E-state index contributed by atoms with van der Waals surface area (Å²) in [5, 5.41) is 3.08. The number of rotatable bonds is 5. The Bertz CT molecular complexity index is 497. The number of ether oxygens (including phenoxy) is 2. The van der Waals surface area contributed by atoms with E-state index < -0.39 is 0 Å². The lowest BCUT2D eigenvalue weighted by Gasteiger charge is -2.07. The molecule has 18 heavy (non-hydrogen) atoms. The van der Waals surface area contributed by atoms with E-state index in [1.807, 2.05) is 43.6 Å². The van der Waals surface area contributed by atoms with Gasteiger partial charge in [0.2, 0.25) is 0 Å². The van der Waals surface area contributed by atoms with Gasteiger partial charge >= 0.3 is 0 Å². The Kier molecular flexibility index (Phi) is 4.15. The minimum Gasteiger partial charge on any atom is -0.497 e. The van der Waals surface area contributed by atoms with E-state index in [0.29, 0.717) is 0 Å². The highest BCUT2D eigenvalue weighted by Crippen LogP contribution is 2.23. The first-order valence-corrected chi connectivity index (χ1v) is 5.72. The summed E-state index contributed by atoms with van der Waals surface area (Å²) in [5.74, 6) is 2.30. The average molecular weight is 244 g/mol. The Morgan fingerprint density at radius 2 is 1.78 bits per heavy atom. The minimum atomic E-state index is 0.730. The van der Waals surface area contributed by atoms with Gasteiger partial charge < -0.3 is 14.8 Å². The zero-order chi connectivity index (χ0) is 12.8. The van der Waals surface area contributed by atoms with Gasteiger partial charge in [0.1, 0.15) is 17.2 Å². The van der Waals surface area contributed by atoms with Crippen LogP contribution >= 0.6 is 0 Å². The van der Waals surface area contributed by atoms with Crippen LogP contribution in [0.5, 0.6) is 17.2 Å². The van der Waals surface area contributed by atoms with Gasteiger partial charge in [-0.05, 0) is 42.9 Å². The van der Waals surface area contributed by atoms with E-state index in [0.717, 1.165) is 29.4 Å². The number of nitrogens with one attached hydrogen (secondary N) is 1. The fourth-order valence-electron chi connectivity index (χ4n) is 1.60. The van der Waals surface area contributed by atoms with Crippen molar-refractivity contribution in [2.24, 2.45) is 0 Å². The van der Waals surface area contributed by atoms with E-state index in [4.69, 9.17) is 9.47 Å². The zero-order valence-corrected chi connectivity index (χ0v) is 10.5. The minimum absolute atomic E-state index is 0.730. The maximum absolute atomic E-state index is 5.72. The molecule has 0 bridgehead atoms. The topological polar surface area (TPSA) is 43.4 Å². The van der Waals surface area contributed by atoms with Gasteiger partial charge in [-0.15, -0.1) is 0 Å². The van der Waals surface area contributed by atoms with Crippen LogP contribution in [0.25, 0.3) is 0 Å². The summed E-state index contributed by atoms with van der Waals surface area (Å²) in [5.41, 5.74) is 1.09. The van der Waals surface area contributed by atoms with Gasteiger partial charge in [0.15, 0.2) is 0 Å². The molecule has 1 heterocycles. The normalized spacial score (nSPS) is 10.1. The largest absolute Gasteiger partial charge is 0.497 e. The summed E-state index contributed by atoms with van der Waals surface area (Å²) < 4.78 is 10.8. The Morgan fingerprint density at radius 1 is 1.06 bits per heavy atom. The van der Waals surface area contributed by atoms with Gasteiger partial charge in [0.05, 0.1) is 13.3 Å². The van der Waals surface area contributed by atoms with Crippen molar-refractivity contribution in [3.05, 3.63) is 48.3 Å². The smallest absolute Gasteiger partial charge is 0.146 e. The third-order valence-corrected chi connectivity index (χ3v) is 2.45. The number of hydrogen-bond donors (Lipinski definition) is 1. The molecule has 2 rings (SSSR count). The fourth-order valence-corrected chi connectivity index (χ4v) is 1.60. The second kappa shape index (κ2) is 6.02. The number of aromatic nitrogens is 1. The van der Waals surface area contributed by atoms with Crippen LogP contribution < -0.4 is 14.8 Å². The molecule has 0 fully saturated rings. The second-order valence-corrected chi connectivity index (χ2v) is 3.84. The van der Waals surface area contributed by atoms with E-state index >= 15 is 0 Å². The second-order valence-electron chi connectivity index (χ2n) is 3.84. The molecule has 0 aliphatic carbocycles. The summed E-state index contributed by atoms with van der Waals surface area (Å²) in [7, 11) is 3.54. The molecule has 1 aromatic heterocycles. The predicted octanol–water partition coefficient (Wildman–Crippen LogP) is 2.60. The van der Waals surface area contributed by atoms with Gasteiger partial charge in [-0.2, -0.15) is 0 Å². The van der Waals surface area contributed by atoms with Gasteiger partial charge in [-0.1, -0.05) is 0 Å². The number of pyridine rings is 1. The van der Waals surface area contributed by atoms with Crippen LogP contribution in [-0.2, 0) is 6.54 Å². The van der Waals surface area contributed by atoms with Gasteiger partial charge in [-0.3, -0.25) is 4.98 Å². The summed E-state index contributed by atoms with van der Waals surface area (Å²) >= 11 is 0. The van der Waals surface area contributed by atoms with Gasteiger partial charge in [0.25, 0.3) is 0 Å². The standard InChI is InChI=1S/C14H16N2O2/c1-15-8-11-7-14(10-16-9-11)18-13-5-3-12(17-2)4-6-13/h3-7,9-10,15H,8H2,1-2H3. The molecule has 0 saturated heterocycles. The predicted molar refractivity (Wildman–Crippen MR) is 70.1 cm³/mol. The highest BCUT2D eigenvalue weighted by atomic mass is 16.5. The first-order chi connectivity index (χ1) is 8.81. The van der Waals surface area contributed by atoms with Crippen molar-refractivity contribution < 1.29 is 9.47 Å². The van der Waals surface area contributed by atoms with Crippen molar-refractivity contribution in [2.45, 2.75) is 6.54 Å². The van der Waals surface area contributed by atoms with E-state index in [2.05, 4.69) is 10.3 Å². The highest BCUT2D eigenvalue weighted by Gasteiger charge is 2.00. The molecule has 2 aromatic rings. The molecule has 0 atom stereocenters. The quantitative estimate of drug-likeness (QED) is 0.878. The van der Waals surface area contributed by atoms with Crippen molar-refractivity contribution in [1.29, 1.82) is 0 Å². The van der Waals surface area contributed by atoms with Gasteiger partial charge in [0, 0.05) is 12.7 Å². The molecule has 1 N–H and O–H groups in total. The highest BCUT2D eigenvalue weighted by molar-refractivity contribution is 5.35. The molecule has 94 valence electrons. The molecule has 0 aliphatic heterocycles. The van der Waals surface area contributed by atoms with E-state index in [1.165, 1.54) is 0 Å². The monoisotopic (exact) mass is 244 g/mol.